The van der Waals surface area contributed by atoms with Gasteiger partial charge in [-0.25, -0.2) is 0 Å². The molecule has 0 fully saturated rings. The van der Waals surface area contributed by atoms with Gasteiger partial charge in [-0.1, -0.05) is 54.6 Å². The van der Waals surface area contributed by atoms with Crippen molar-refractivity contribution in [3.63, 3.8) is 0 Å². The molecule has 0 spiro atoms. The van der Waals surface area contributed by atoms with E-state index in [-0.39, 0.29) is 6.61 Å². The fourth-order valence-corrected chi connectivity index (χ4v) is 1.43. The maximum Gasteiger partial charge on any atom is 0.0681 e. The predicted octanol–water partition coefficient (Wildman–Crippen LogP) is 2.85. The van der Waals surface area contributed by atoms with E-state index < -0.39 is 0 Å². The minimum atomic E-state index is 0. The zero-order valence-corrected chi connectivity index (χ0v) is 10.3. The summed E-state index contributed by atoms with van der Waals surface area (Å²) in [6.45, 7) is 0.106. The van der Waals surface area contributed by atoms with E-state index in [1.165, 1.54) is 11.1 Å². The SMILES string of the molecule is OCc1ccc(-c2ccccc2)cc1.[No]. The fourth-order valence-electron chi connectivity index (χ4n) is 1.43. The topological polar surface area (TPSA) is 20.2 Å². The Kier molecular flexibility index (Phi) is 3.20. The van der Waals surface area contributed by atoms with Crippen LogP contribution < -0.4 is 0 Å². The number of aliphatic hydroxyl groups excluding tert-OH is 1. The van der Waals surface area contributed by atoms with Gasteiger partial charge in [0.15, 0.2) is 0 Å². The summed E-state index contributed by atoms with van der Waals surface area (Å²) >= 11 is 0. The molecule has 2 aromatic rings. The predicted molar refractivity (Wildman–Crippen MR) is 57.8 cm³/mol. The molecule has 0 heterocycles. The van der Waals surface area contributed by atoms with Crippen LogP contribution in [0, 0.1) is 0 Å². The molecule has 1 N–H and O–H groups in total. The molecule has 0 atom stereocenters. The molecule has 0 saturated heterocycles. The van der Waals surface area contributed by atoms with Crippen LogP contribution in [-0.2, 0) is 6.61 Å². The van der Waals surface area contributed by atoms with Crippen molar-refractivity contribution in [3.05, 3.63) is 60.2 Å². The normalized spacial score (nSPS) is 9.40. The van der Waals surface area contributed by atoms with E-state index in [2.05, 4.69) is 12.1 Å². The van der Waals surface area contributed by atoms with Crippen molar-refractivity contribution in [2.75, 3.05) is 0 Å². The summed E-state index contributed by atoms with van der Waals surface area (Å²) in [7, 11) is 0. The standard InChI is InChI=1S/C13H12O.No/c14-10-11-6-8-13(9-7-11)12-4-2-1-3-5-12;/h1-9,14H,10H2;. The molecule has 0 aliphatic heterocycles. The first-order valence-electron chi connectivity index (χ1n) is 4.65. The van der Waals surface area contributed by atoms with Gasteiger partial charge in [-0.2, -0.15) is 0 Å². The monoisotopic (exact) mass is 443 g/mol. The Balaban J connectivity index is 0.00000112. The van der Waals surface area contributed by atoms with Gasteiger partial charge in [-0.05, 0) is 16.7 Å². The molecule has 2 heteroatoms. The summed E-state index contributed by atoms with van der Waals surface area (Å²) in [5.74, 6) is 0. The zero-order valence-electron chi connectivity index (χ0n) is 8.12. The van der Waals surface area contributed by atoms with Gasteiger partial charge in [0.25, 0.3) is 0 Å². The van der Waals surface area contributed by atoms with E-state index in [9.17, 15) is 0 Å². The van der Waals surface area contributed by atoms with Crippen molar-refractivity contribution in [1.29, 1.82) is 0 Å². The van der Waals surface area contributed by atoms with Gasteiger partial charge in [-0.15, -0.1) is 0 Å². The van der Waals surface area contributed by atoms with Crippen LogP contribution in [0.4, 0.5) is 0 Å². The Morgan fingerprint density at radius 3 is 1.80 bits per heavy atom. The first-order chi connectivity index (χ1) is 6.90. The molecule has 2 aromatic carbocycles. The Morgan fingerprint density at radius 1 is 0.733 bits per heavy atom. The van der Waals surface area contributed by atoms with E-state index in [1.54, 1.807) is 0 Å². The minimum absolute atomic E-state index is 0. The summed E-state index contributed by atoms with van der Waals surface area (Å²) in [6.07, 6.45) is 0. The summed E-state index contributed by atoms with van der Waals surface area (Å²) in [5.41, 5.74) is 3.34. The Labute approximate surface area is 83.6 Å². The molecule has 0 bridgehead atoms. The largest absolute Gasteiger partial charge is 0.392 e. The van der Waals surface area contributed by atoms with Gasteiger partial charge in [0.05, 0.1) is 6.61 Å². The van der Waals surface area contributed by atoms with Gasteiger partial charge >= 0.3 is 0 Å². The number of rotatable bonds is 2. The molecule has 0 aromatic heterocycles. The van der Waals surface area contributed by atoms with Crippen molar-refractivity contribution in [2.24, 2.45) is 0 Å². The molecule has 1 nitrogen and oxygen atoms in total. The van der Waals surface area contributed by atoms with Crippen LogP contribution >= 0.6 is 0 Å². The van der Waals surface area contributed by atoms with E-state index in [0.29, 0.717) is 0 Å². The Bertz CT molecular complexity index is 395. The van der Waals surface area contributed by atoms with E-state index in [0.717, 1.165) is 5.56 Å². The van der Waals surface area contributed by atoms with Crippen LogP contribution in [0.2, 0.25) is 0 Å². The molecule has 0 radical (unpaired) electrons. The third kappa shape index (κ3) is 2.20. The molecule has 0 aliphatic carbocycles. The molecule has 2 rings (SSSR count). The number of aliphatic hydroxyl groups is 1. The van der Waals surface area contributed by atoms with Gasteiger partial charge in [-0.3, -0.25) is 0 Å². The van der Waals surface area contributed by atoms with Crippen molar-refractivity contribution in [1.82, 2.24) is 0 Å². The summed E-state index contributed by atoms with van der Waals surface area (Å²) in [4.78, 5) is 0. The van der Waals surface area contributed by atoms with Crippen LogP contribution in [0.1, 0.15) is 5.56 Å². The Hall–Kier alpha value is -2.60. The number of benzene rings is 2. The summed E-state index contributed by atoms with van der Waals surface area (Å²) in [6, 6.07) is 18.2. The average molecular weight is 443 g/mol. The maximum atomic E-state index is 8.90. The second-order valence-electron chi connectivity index (χ2n) is 3.22. The molecule has 0 unspecified atom stereocenters. The first-order valence-corrected chi connectivity index (χ1v) is 4.65. The fraction of sp³-hybridized carbons (Fsp3) is 0.0769. The van der Waals surface area contributed by atoms with E-state index in [4.69, 9.17) is 5.11 Å². The summed E-state index contributed by atoms with van der Waals surface area (Å²) in [5, 5.41) is 8.90. The van der Waals surface area contributed by atoms with Gasteiger partial charge in [0.2, 0.25) is 0 Å². The van der Waals surface area contributed by atoms with Crippen molar-refractivity contribution < 1.29 is 5.11 Å². The molecule has 0 amide bonds. The third-order valence-corrected chi connectivity index (χ3v) is 2.24. The molecule has 15 heavy (non-hydrogen) atoms. The number of hydrogen-bond acceptors (Lipinski definition) is 1. The molecule has 0 saturated carbocycles. The van der Waals surface area contributed by atoms with Crippen LogP contribution in [0.15, 0.2) is 54.6 Å². The molecule has 84 valence electrons. The third-order valence-electron chi connectivity index (χ3n) is 2.24. The van der Waals surface area contributed by atoms with E-state index >= 15 is 0 Å². The average Bonchev–Trinajstić information content (AvgIpc) is 2.30. The van der Waals surface area contributed by atoms with Crippen LogP contribution in [0.25, 0.3) is 11.1 Å². The van der Waals surface area contributed by atoms with Crippen molar-refractivity contribution >= 4 is 0 Å². The van der Waals surface area contributed by atoms with Crippen LogP contribution in [0.5, 0.6) is 0 Å². The van der Waals surface area contributed by atoms with Gasteiger partial charge in [0, 0.05) is 0 Å². The van der Waals surface area contributed by atoms with Crippen LogP contribution in [0.3, 0.4) is 0 Å². The van der Waals surface area contributed by atoms with Gasteiger partial charge < -0.3 is 5.11 Å². The summed E-state index contributed by atoms with van der Waals surface area (Å²) < 4.78 is 0. The molecule has 0 aliphatic rings. The molecular formula is C13H12NoO. The second-order valence-corrected chi connectivity index (χ2v) is 3.22. The first kappa shape index (κ1) is 10.5. The smallest absolute Gasteiger partial charge is 0.0681 e. The number of hydrogen-bond donors (Lipinski definition) is 1. The van der Waals surface area contributed by atoms with Gasteiger partial charge in [0.1, 0.15) is 0 Å². The minimum Gasteiger partial charge on any atom is -0.392 e. The zero-order chi connectivity index (χ0) is 9.80. The Morgan fingerprint density at radius 2 is 1.27 bits per heavy atom. The van der Waals surface area contributed by atoms with Crippen molar-refractivity contribution in [2.45, 2.75) is 6.61 Å². The maximum absolute atomic E-state index is 8.90. The molecular weight excluding hydrogens is 431 g/mol. The van der Waals surface area contributed by atoms with Crippen LogP contribution in [-0.4, -0.2) is 5.11 Å². The second kappa shape index (κ2) is 4.58. The van der Waals surface area contributed by atoms with E-state index in [1.807, 2.05) is 42.5 Å². The van der Waals surface area contributed by atoms with Crippen molar-refractivity contribution in [3.8, 4) is 11.1 Å². The quantitative estimate of drug-likeness (QED) is 0.758.